The molecule has 0 aliphatic rings. The molecule has 0 amide bonds. The molecule has 2 atom stereocenters. The molecule has 1 rings (SSSR count). The molecule has 1 aromatic carbocycles. The fourth-order valence-electron chi connectivity index (χ4n) is 1.52. The fourth-order valence-corrected chi connectivity index (χ4v) is 1.72. The van der Waals surface area contributed by atoms with Gasteiger partial charge in [0.1, 0.15) is 5.75 Å². The van der Waals surface area contributed by atoms with Gasteiger partial charge in [-0.1, -0.05) is 17.7 Å². The maximum absolute atomic E-state index is 6.07. The predicted molar refractivity (Wildman–Crippen MR) is 66.0 cm³/mol. The van der Waals surface area contributed by atoms with E-state index < -0.39 is 0 Å². The number of halogens is 1. The topological polar surface area (TPSA) is 44.5 Å². The molecule has 0 spiro atoms. The zero-order valence-electron chi connectivity index (χ0n) is 9.87. The standard InChI is InChI=1S/C12H18ClNO2/c1-4-16-8(2)12(14)9-5-6-10(13)11(7-9)15-3/h5-8,12H,4,14H2,1-3H3. The molecule has 0 aromatic heterocycles. The van der Waals surface area contributed by atoms with Gasteiger partial charge in [0, 0.05) is 6.61 Å². The highest BCUT2D eigenvalue weighted by Crippen LogP contribution is 2.28. The van der Waals surface area contributed by atoms with Gasteiger partial charge in [0.2, 0.25) is 0 Å². The molecular formula is C12H18ClNO2. The van der Waals surface area contributed by atoms with Gasteiger partial charge in [-0.15, -0.1) is 0 Å². The lowest BCUT2D eigenvalue weighted by Crippen LogP contribution is -2.26. The maximum atomic E-state index is 6.07. The summed E-state index contributed by atoms with van der Waals surface area (Å²) in [5, 5.41) is 0.586. The summed E-state index contributed by atoms with van der Waals surface area (Å²) in [7, 11) is 1.59. The summed E-state index contributed by atoms with van der Waals surface area (Å²) in [5.41, 5.74) is 7.03. The van der Waals surface area contributed by atoms with E-state index in [-0.39, 0.29) is 12.1 Å². The van der Waals surface area contributed by atoms with E-state index in [1.54, 1.807) is 13.2 Å². The number of hydrogen-bond acceptors (Lipinski definition) is 3. The fraction of sp³-hybridized carbons (Fsp3) is 0.500. The molecule has 0 heterocycles. The van der Waals surface area contributed by atoms with E-state index in [0.29, 0.717) is 17.4 Å². The molecule has 16 heavy (non-hydrogen) atoms. The normalized spacial score (nSPS) is 14.6. The van der Waals surface area contributed by atoms with Crippen LogP contribution >= 0.6 is 11.6 Å². The van der Waals surface area contributed by atoms with Crippen molar-refractivity contribution in [2.45, 2.75) is 26.0 Å². The second-order valence-corrected chi connectivity index (χ2v) is 3.99. The average Bonchev–Trinajstić information content (AvgIpc) is 2.29. The van der Waals surface area contributed by atoms with Gasteiger partial charge in [-0.05, 0) is 31.5 Å². The first kappa shape index (κ1) is 13.3. The Morgan fingerprint density at radius 1 is 1.44 bits per heavy atom. The van der Waals surface area contributed by atoms with Gasteiger partial charge in [-0.25, -0.2) is 0 Å². The molecule has 0 saturated heterocycles. The second-order valence-electron chi connectivity index (χ2n) is 3.58. The summed E-state index contributed by atoms with van der Waals surface area (Å²) >= 11 is 5.94. The molecule has 90 valence electrons. The third-order valence-corrected chi connectivity index (χ3v) is 2.81. The molecule has 0 aliphatic carbocycles. The number of benzene rings is 1. The largest absolute Gasteiger partial charge is 0.495 e. The Hall–Kier alpha value is -0.770. The van der Waals surface area contributed by atoms with Crippen molar-refractivity contribution in [2.24, 2.45) is 5.73 Å². The summed E-state index contributed by atoms with van der Waals surface area (Å²) in [6.07, 6.45) is -0.0316. The molecule has 0 aliphatic heterocycles. The van der Waals surface area contributed by atoms with E-state index in [1.165, 1.54) is 0 Å². The van der Waals surface area contributed by atoms with Gasteiger partial charge in [-0.2, -0.15) is 0 Å². The summed E-state index contributed by atoms with van der Waals surface area (Å²) in [6, 6.07) is 5.35. The van der Waals surface area contributed by atoms with Crippen LogP contribution in [0, 0.1) is 0 Å². The first-order valence-electron chi connectivity index (χ1n) is 5.30. The van der Waals surface area contributed by atoms with Crippen molar-refractivity contribution >= 4 is 11.6 Å². The molecular weight excluding hydrogens is 226 g/mol. The number of ether oxygens (including phenoxy) is 2. The van der Waals surface area contributed by atoms with Crippen LogP contribution in [0.4, 0.5) is 0 Å². The number of methoxy groups -OCH3 is 1. The quantitative estimate of drug-likeness (QED) is 0.865. The summed E-state index contributed by atoms with van der Waals surface area (Å²) in [6.45, 7) is 4.56. The lowest BCUT2D eigenvalue weighted by molar-refractivity contribution is 0.0574. The molecule has 0 fully saturated rings. The highest BCUT2D eigenvalue weighted by atomic mass is 35.5. The van der Waals surface area contributed by atoms with Gasteiger partial charge in [0.05, 0.1) is 24.3 Å². The average molecular weight is 244 g/mol. The highest BCUT2D eigenvalue weighted by Gasteiger charge is 2.16. The van der Waals surface area contributed by atoms with Crippen LogP contribution in [0.15, 0.2) is 18.2 Å². The third-order valence-electron chi connectivity index (χ3n) is 2.50. The Morgan fingerprint density at radius 3 is 2.69 bits per heavy atom. The van der Waals surface area contributed by atoms with E-state index in [2.05, 4.69) is 0 Å². The monoisotopic (exact) mass is 243 g/mol. The summed E-state index contributed by atoms with van der Waals surface area (Å²) in [5.74, 6) is 0.637. The molecule has 0 radical (unpaired) electrons. The van der Waals surface area contributed by atoms with Crippen LogP contribution in [0.5, 0.6) is 5.75 Å². The van der Waals surface area contributed by atoms with Crippen LogP contribution in [-0.2, 0) is 4.74 Å². The van der Waals surface area contributed by atoms with Crippen LogP contribution < -0.4 is 10.5 Å². The van der Waals surface area contributed by atoms with Crippen molar-refractivity contribution in [3.8, 4) is 5.75 Å². The molecule has 2 N–H and O–H groups in total. The maximum Gasteiger partial charge on any atom is 0.137 e. The lowest BCUT2D eigenvalue weighted by Gasteiger charge is -2.20. The predicted octanol–water partition coefficient (Wildman–Crippen LogP) is 2.77. The smallest absolute Gasteiger partial charge is 0.137 e. The molecule has 0 bridgehead atoms. The van der Waals surface area contributed by atoms with E-state index in [4.69, 9.17) is 26.8 Å². The summed E-state index contributed by atoms with van der Waals surface area (Å²) in [4.78, 5) is 0. The minimum absolute atomic E-state index is 0.0316. The molecule has 0 saturated carbocycles. The van der Waals surface area contributed by atoms with Crippen molar-refractivity contribution in [1.29, 1.82) is 0 Å². The summed E-state index contributed by atoms with van der Waals surface area (Å²) < 4.78 is 10.6. The van der Waals surface area contributed by atoms with Crippen LogP contribution in [0.2, 0.25) is 5.02 Å². The Labute approximate surface area is 101 Å². The zero-order chi connectivity index (χ0) is 12.1. The molecule has 4 heteroatoms. The van der Waals surface area contributed by atoms with Gasteiger partial charge in [0.15, 0.2) is 0 Å². The van der Waals surface area contributed by atoms with Crippen molar-refractivity contribution < 1.29 is 9.47 Å². The van der Waals surface area contributed by atoms with E-state index in [0.717, 1.165) is 5.56 Å². The van der Waals surface area contributed by atoms with E-state index in [9.17, 15) is 0 Å². The van der Waals surface area contributed by atoms with Gasteiger partial charge >= 0.3 is 0 Å². The van der Waals surface area contributed by atoms with E-state index >= 15 is 0 Å². The van der Waals surface area contributed by atoms with Crippen LogP contribution in [0.25, 0.3) is 0 Å². The van der Waals surface area contributed by atoms with Crippen molar-refractivity contribution in [3.63, 3.8) is 0 Å². The van der Waals surface area contributed by atoms with Gasteiger partial charge in [0.25, 0.3) is 0 Å². The van der Waals surface area contributed by atoms with Crippen molar-refractivity contribution in [2.75, 3.05) is 13.7 Å². The highest BCUT2D eigenvalue weighted by molar-refractivity contribution is 6.32. The first-order valence-corrected chi connectivity index (χ1v) is 5.68. The van der Waals surface area contributed by atoms with Crippen LogP contribution in [0.1, 0.15) is 25.5 Å². The number of hydrogen-bond donors (Lipinski definition) is 1. The molecule has 3 nitrogen and oxygen atoms in total. The molecule has 2 unspecified atom stereocenters. The first-order chi connectivity index (χ1) is 7.60. The minimum atomic E-state index is -0.175. The third kappa shape index (κ3) is 3.11. The Balaban J connectivity index is 2.87. The Bertz CT molecular complexity index is 344. The van der Waals surface area contributed by atoms with Crippen LogP contribution in [0.3, 0.4) is 0 Å². The van der Waals surface area contributed by atoms with Crippen molar-refractivity contribution in [3.05, 3.63) is 28.8 Å². The lowest BCUT2D eigenvalue weighted by atomic mass is 10.0. The second kappa shape index (κ2) is 6.09. The Morgan fingerprint density at radius 2 is 2.12 bits per heavy atom. The van der Waals surface area contributed by atoms with Gasteiger partial charge < -0.3 is 15.2 Å². The SMILES string of the molecule is CCOC(C)C(N)c1ccc(Cl)c(OC)c1. The van der Waals surface area contributed by atoms with Gasteiger partial charge in [-0.3, -0.25) is 0 Å². The number of nitrogens with two attached hydrogens (primary N) is 1. The van der Waals surface area contributed by atoms with Crippen molar-refractivity contribution in [1.82, 2.24) is 0 Å². The molecule has 1 aromatic rings. The van der Waals surface area contributed by atoms with Crippen LogP contribution in [-0.4, -0.2) is 19.8 Å². The minimum Gasteiger partial charge on any atom is -0.495 e. The zero-order valence-corrected chi connectivity index (χ0v) is 10.6. The number of rotatable bonds is 5. The van der Waals surface area contributed by atoms with E-state index in [1.807, 2.05) is 26.0 Å². The Kier molecular flexibility index (Phi) is 5.06.